The Morgan fingerprint density at radius 2 is 1.81 bits per heavy atom. The van der Waals surface area contributed by atoms with Gasteiger partial charge in [-0.25, -0.2) is 0 Å². The van der Waals surface area contributed by atoms with Gasteiger partial charge < -0.3 is 15.1 Å². The first-order valence-electron chi connectivity index (χ1n) is 8.52. The number of aromatic nitrogens is 1. The number of rotatable bonds is 4. The van der Waals surface area contributed by atoms with Crippen molar-refractivity contribution in [1.29, 1.82) is 0 Å². The smallest absolute Gasteiger partial charge is 0.270 e. The van der Waals surface area contributed by atoms with Gasteiger partial charge in [0.1, 0.15) is 5.69 Å². The van der Waals surface area contributed by atoms with Gasteiger partial charge in [0.25, 0.3) is 5.91 Å². The van der Waals surface area contributed by atoms with Crippen LogP contribution >= 0.6 is 11.6 Å². The second-order valence-corrected chi connectivity index (χ2v) is 6.64. The first kappa shape index (κ1) is 18.2. The van der Waals surface area contributed by atoms with E-state index < -0.39 is 0 Å². The van der Waals surface area contributed by atoms with E-state index in [-0.39, 0.29) is 11.8 Å². The summed E-state index contributed by atoms with van der Waals surface area (Å²) in [7, 11) is 0. The number of amides is 2. The highest BCUT2D eigenvalue weighted by Crippen LogP contribution is 2.17. The largest absolute Gasteiger partial charge is 0.368 e. The van der Waals surface area contributed by atoms with Crippen molar-refractivity contribution in [2.45, 2.75) is 13.5 Å². The maximum absolute atomic E-state index is 12.4. The van der Waals surface area contributed by atoms with Gasteiger partial charge in [0.2, 0.25) is 5.91 Å². The molecule has 1 saturated heterocycles. The lowest BCUT2D eigenvalue weighted by Gasteiger charge is -2.35. The Bertz CT molecular complexity index is 786. The molecule has 1 fully saturated rings. The molecule has 0 aliphatic carbocycles. The van der Waals surface area contributed by atoms with Crippen LogP contribution in [-0.2, 0) is 11.3 Å². The monoisotopic (exact) mass is 372 g/mol. The summed E-state index contributed by atoms with van der Waals surface area (Å²) in [5, 5.41) is 3.54. The molecule has 2 heterocycles. The van der Waals surface area contributed by atoms with Crippen molar-refractivity contribution in [3.63, 3.8) is 0 Å². The first-order valence-corrected chi connectivity index (χ1v) is 8.90. The summed E-state index contributed by atoms with van der Waals surface area (Å²) in [6, 6.07) is 11.0. The molecule has 0 atom stereocenters. The molecule has 1 aliphatic heterocycles. The third-order valence-electron chi connectivity index (χ3n) is 4.43. The van der Waals surface area contributed by atoms with E-state index in [0.717, 1.165) is 24.3 Å². The van der Waals surface area contributed by atoms with E-state index in [1.165, 1.54) is 0 Å². The van der Waals surface area contributed by atoms with Crippen molar-refractivity contribution in [1.82, 2.24) is 15.2 Å². The van der Waals surface area contributed by atoms with Crippen LogP contribution in [0.2, 0.25) is 5.02 Å². The van der Waals surface area contributed by atoms with Crippen LogP contribution in [0.25, 0.3) is 0 Å². The molecular weight excluding hydrogens is 352 g/mol. The van der Waals surface area contributed by atoms with Gasteiger partial charge in [-0.05, 0) is 29.8 Å². The predicted octanol–water partition coefficient (Wildman–Crippen LogP) is 2.33. The third-order valence-corrected chi connectivity index (χ3v) is 4.68. The molecule has 7 heteroatoms. The molecule has 0 bridgehead atoms. The summed E-state index contributed by atoms with van der Waals surface area (Å²) in [5.74, 6) is -0.120. The van der Waals surface area contributed by atoms with Crippen molar-refractivity contribution in [3.8, 4) is 0 Å². The molecule has 0 radical (unpaired) electrons. The number of hydrogen-bond acceptors (Lipinski definition) is 4. The van der Waals surface area contributed by atoms with Gasteiger partial charge in [-0.2, -0.15) is 0 Å². The molecule has 1 aliphatic rings. The molecular formula is C19H21ClN4O2. The molecule has 0 unspecified atom stereocenters. The quantitative estimate of drug-likeness (QED) is 0.894. The maximum Gasteiger partial charge on any atom is 0.270 e. The van der Waals surface area contributed by atoms with Crippen LogP contribution < -0.4 is 10.2 Å². The lowest BCUT2D eigenvalue weighted by atomic mass is 10.2. The molecule has 0 saturated carbocycles. The minimum atomic E-state index is -0.218. The van der Waals surface area contributed by atoms with E-state index in [1.807, 2.05) is 23.1 Å². The highest BCUT2D eigenvalue weighted by Gasteiger charge is 2.19. The zero-order valence-corrected chi connectivity index (χ0v) is 15.4. The van der Waals surface area contributed by atoms with E-state index in [4.69, 9.17) is 11.6 Å². The zero-order valence-electron chi connectivity index (χ0n) is 14.6. The summed E-state index contributed by atoms with van der Waals surface area (Å²) in [6.07, 6.45) is 1.64. The summed E-state index contributed by atoms with van der Waals surface area (Å²) < 4.78 is 0. The molecule has 2 aromatic rings. The summed E-state index contributed by atoms with van der Waals surface area (Å²) in [5.41, 5.74) is 2.30. The van der Waals surface area contributed by atoms with Crippen LogP contribution in [-0.4, -0.2) is 47.9 Å². The van der Waals surface area contributed by atoms with Crippen molar-refractivity contribution in [2.24, 2.45) is 0 Å². The highest BCUT2D eigenvalue weighted by atomic mass is 35.5. The van der Waals surface area contributed by atoms with Gasteiger partial charge in [0.15, 0.2) is 0 Å². The fourth-order valence-corrected chi connectivity index (χ4v) is 3.02. The van der Waals surface area contributed by atoms with Gasteiger partial charge in [-0.3, -0.25) is 14.6 Å². The van der Waals surface area contributed by atoms with Crippen LogP contribution in [0, 0.1) is 0 Å². The molecule has 0 spiro atoms. The fraction of sp³-hybridized carbons (Fsp3) is 0.316. The van der Waals surface area contributed by atoms with Crippen molar-refractivity contribution < 1.29 is 9.59 Å². The lowest BCUT2D eigenvalue weighted by molar-refractivity contribution is -0.129. The SMILES string of the molecule is CC(=O)N1CCN(c2ccnc(C(=O)NCc3ccc(Cl)cc3)c2)CC1. The topological polar surface area (TPSA) is 65.5 Å². The summed E-state index contributed by atoms with van der Waals surface area (Å²) >= 11 is 5.86. The van der Waals surface area contributed by atoms with E-state index >= 15 is 0 Å². The molecule has 136 valence electrons. The Kier molecular flexibility index (Phi) is 5.73. The second kappa shape index (κ2) is 8.19. The van der Waals surface area contributed by atoms with Crippen LogP contribution in [0.4, 0.5) is 5.69 Å². The molecule has 2 amide bonds. The highest BCUT2D eigenvalue weighted by molar-refractivity contribution is 6.30. The average Bonchev–Trinajstić information content (AvgIpc) is 2.67. The number of carbonyl (C=O) groups is 2. The van der Waals surface area contributed by atoms with Crippen LogP contribution in [0.3, 0.4) is 0 Å². The van der Waals surface area contributed by atoms with Crippen LogP contribution in [0.5, 0.6) is 0 Å². The molecule has 1 aromatic heterocycles. The number of halogens is 1. The van der Waals surface area contributed by atoms with Gasteiger partial charge in [0.05, 0.1) is 0 Å². The number of carbonyl (C=O) groups excluding carboxylic acids is 2. The molecule has 1 N–H and O–H groups in total. The summed E-state index contributed by atoms with van der Waals surface area (Å²) in [4.78, 5) is 32.0. The number of benzene rings is 1. The average molecular weight is 373 g/mol. The lowest BCUT2D eigenvalue weighted by Crippen LogP contribution is -2.48. The first-order chi connectivity index (χ1) is 12.5. The Morgan fingerprint density at radius 3 is 2.46 bits per heavy atom. The minimum absolute atomic E-state index is 0.0987. The van der Waals surface area contributed by atoms with E-state index in [1.54, 1.807) is 31.3 Å². The van der Waals surface area contributed by atoms with Crippen LogP contribution in [0.15, 0.2) is 42.6 Å². The molecule has 6 nitrogen and oxygen atoms in total. The minimum Gasteiger partial charge on any atom is -0.368 e. The fourth-order valence-electron chi connectivity index (χ4n) is 2.89. The Morgan fingerprint density at radius 1 is 1.12 bits per heavy atom. The van der Waals surface area contributed by atoms with E-state index in [0.29, 0.717) is 30.4 Å². The van der Waals surface area contributed by atoms with E-state index in [2.05, 4.69) is 15.2 Å². The maximum atomic E-state index is 12.4. The zero-order chi connectivity index (χ0) is 18.5. The van der Waals surface area contributed by atoms with Crippen molar-refractivity contribution in [2.75, 3.05) is 31.1 Å². The standard InChI is InChI=1S/C19H21ClN4O2/c1-14(25)23-8-10-24(11-9-23)17-6-7-21-18(12-17)19(26)22-13-15-2-4-16(20)5-3-15/h2-7,12H,8-11,13H2,1H3,(H,22,26). The number of piperazine rings is 1. The molecule has 26 heavy (non-hydrogen) atoms. The molecule has 3 rings (SSSR count). The third kappa shape index (κ3) is 4.52. The van der Waals surface area contributed by atoms with Crippen LogP contribution in [0.1, 0.15) is 23.0 Å². The van der Waals surface area contributed by atoms with Gasteiger partial charge in [0, 0.05) is 56.6 Å². The number of nitrogens with one attached hydrogen (secondary N) is 1. The second-order valence-electron chi connectivity index (χ2n) is 6.20. The predicted molar refractivity (Wildman–Crippen MR) is 101 cm³/mol. The van der Waals surface area contributed by atoms with Gasteiger partial charge in [-0.15, -0.1) is 0 Å². The number of hydrogen-bond donors (Lipinski definition) is 1. The van der Waals surface area contributed by atoms with Gasteiger partial charge in [-0.1, -0.05) is 23.7 Å². The van der Waals surface area contributed by atoms with Gasteiger partial charge >= 0.3 is 0 Å². The number of anilines is 1. The Balaban J connectivity index is 1.60. The van der Waals surface area contributed by atoms with Crippen molar-refractivity contribution in [3.05, 3.63) is 58.9 Å². The Hall–Kier alpha value is -2.60. The van der Waals surface area contributed by atoms with E-state index in [9.17, 15) is 9.59 Å². The number of pyridine rings is 1. The Labute approximate surface area is 157 Å². The number of nitrogens with zero attached hydrogens (tertiary/aromatic N) is 3. The normalized spacial score (nSPS) is 14.2. The molecule has 1 aromatic carbocycles. The van der Waals surface area contributed by atoms with Crippen molar-refractivity contribution >= 4 is 29.1 Å². The summed E-state index contributed by atoms with van der Waals surface area (Å²) in [6.45, 7) is 4.88.